The van der Waals surface area contributed by atoms with Crippen LogP contribution in [0.3, 0.4) is 0 Å². The summed E-state index contributed by atoms with van der Waals surface area (Å²) in [5.41, 5.74) is 8.03. The Morgan fingerprint density at radius 2 is 1.39 bits per heavy atom. The molecular formula is C18H11. The Morgan fingerprint density at radius 3 is 2.22 bits per heavy atom. The summed E-state index contributed by atoms with van der Waals surface area (Å²) in [6, 6.07) is 26.5. The van der Waals surface area contributed by atoms with Crippen molar-refractivity contribution in [3.05, 3.63) is 72.8 Å². The molecule has 83 valence electrons. The van der Waals surface area contributed by atoms with Crippen molar-refractivity contribution in [1.82, 2.24) is 0 Å². The molecule has 0 saturated heterocycles. The zero-order valence-corrected chi connectivity index (χ0v) is 9.85. The third kappa shape index (κ3) is 1.20. The monoisotopic (exact) mass is 227 g/mol. The largest absolute Gasteiger partial charge is 0.0616 e. The van der Waals surface area contributed by atoms with E-state index in [-0.39, 0.29) is 0 Å². The average molecular weight is 227 g/mol. The number of rotatable bonds is 1. The Labute approximate surface area is 107 Å². The molecule has 4 rings (SSSR count). The number of benzene rings is 3. The zero-order valence-electron chi connectivity index (χ0n) is 9.85. The lowest BCUT2D eigenvalue weighted by Crippen LogP contribution is -2.00. The predicted octanol–water partition coefficient (Wildman–Crippen LogP) is 4.80. The van der Waals surface area contributed by atoms with Crippen molar-refractivity contribution in [3.63, 3.8) is 0 Å². The molecule has 18 heavy (non-hydrogen) atoms. The minimum absolute atomic E-state index is 1.24. The molecule has 1 radical (unpaired) electrons. The van der Waals surface area contributed by atoms with E-state index in [4.69, 9.17) is 0 Å². The van der Waals surface area contributed by atoms with E-state index in [1.54, 1.807) is 0 Å². The Bertz CT molecular complexity index is 709. The van der Waals surface area contributed by atoms with Gasteiger partial charge >= 0.3 is 0 Å². The fourth-order valence-electron chi connectivity index (χ4n) is 2.74. The molecule has 3 aromatic carbocycles. The molecule has 1 aliphatic carbocycles. The van der Waals surface area contributed by atoms with Crippen LogP contribution in [0, 0.1) is 6.07 Å². The van der Waals surface area contributed by atoms with E-state index in [9.17, 15) is 0 Å². The summed E-state index contributed by atoms with van der Waals surface area (Å²) in [5, 5.41) is 0. The quantitative estimate of drug-likeness (QED) is 0.438. The van der Waals surface area contributed by atoms with Crippen LogP contribution in [-0.4, -0.2) is 0 Å². The minimum Gasteiger partial charge on any atom is -0.0616 e. The summed E-state index contributed by atoms with van der Waals surface area (Å²) >= 11 is 0. The van der Waals surface area contributed by atoms with Crippen molar-refractivity contribution < 1.29 is 0 Å². The second kappa shape index (κ2) is 3.58. The molecule has 0 aromatic heterocycles. The third-order valence-electron chi connectivity index (χ3n) is 3.57. The Morgan fingerprint density at radius 1 is 0.611 bits per heavy atom. The standard InChI is InChI=1S/C18H11/c1-2-7-13(8-3-1)14-11-6-12-17-15-9-4-5-10-16(15)18(14)17/h1-2,4-12H. The molecule has 0 nitrogen and oxygen atoms in total. The van der Waals surface area contributed by atoms with Crippen molar-refractivity contribution in [2.24, 2.45) is 0 Å². The van der Waals surface area contributed by atoms with Gasteiger partial charge in [0.2, 0.25) is 0 Å². The maximum atomic E-state index is 3.15. The van der Waals surface area contributed by atoms with Crippen LogP contribution in [0.2, 0.25) is 0 Å². The smallest absolute Gasteiger partial charge is 0.00204 e. The van der Waals surface area contributed by atoms with Gasteiger partial charge in [0.05, 0.1) is 0 Å². The van der Waals surface area contributed by atoms with Crippen LogP contribution >= 0.6 is 0 Å². The van der Waals surface area contributed by atoms with Crippen molar-refractivity contribution in [2.45, 2.75) is 0 Å². The van der Waals surface area contributed by atoms with E-state index in [0.29, 0.717) is 0 Å². The highest BCUT2D eigenvalue weighted by Gasteiger charge is 2.24. The van der Waals surface area contributed by atoms with Crippen LogP contribution in [0.25, 0.3) is 33.4 Å². The van der Waals surface area contributed by atoms with E-state index >= 15 is 0 Å². The maximum Gasteiger partial charge on any atom is -0.00204 e. The van der Waals surface area contributed by atoms with E-state index in [1.165, 1.54) is 33.4 Å². The van der Waals surface area contributed by atoms with E-state index < -0.39 is 0 Å². The second-order valence-corrected chi connectivity index (χ2v) is 4.57. The topological polar surface area (TPSA) is 0 Å². The van der Waals surface area contributed by atoms with Gasteiger partial charge in [-0.3, -0.25) is 0 Å². The van der Waals surface area contributed by atoms with Crippen LogP contribution in [-0.2, 0) is 0 Å². The van der Waals surface area contributed by atoms with Gasteiger partial charge in [-0.05, 0) is 45.5 Å². The van der Waals surface area contributed by atoms with Crippen molar-refractivity contribution in [1.29, 1.82) is 0 Å². The fourth-order valence-corrected chi connectivity index (χ4v) is 2.74. The summed E-state index contributed by atoms with van der Waals surface area (Å²) in [5.74, 6) is 0. The Kier molecular flexibility index (Phi) is 1.92. The first-order valence-corrected chi connectivity index (χ1v) is 6.14. The molecule has 0 spiro atoms. The van der Waals surface area contributed by atoms with Crippen LogP contribution < -0.4 is 0 Å². The molecule has 0 atom stereocenters. The molecule has 0 fully saturated rings. The maximum absolute atomic E-state index is 3.15. The normalized spacial score (nSPS) is 11.3. The highest BCUT2D eigenvalue weighted by molar-refractivity contribution is 6.08. The van der Waals surface area contributed by atoms with Crippen LogP contribution in [0.5, 0.6) is 0 Å². The summed E-state index contributed by atoms with van der Waals surface area (Å²) in [4.78, 5) is 0. The molecular weight excluding hydrogens is 216 g/mol. The van der Waals surface area contributed by atoms with Gasteiger partial charge in [0.25, 0.3) is 0 Å². The number of fused-ring (bicyclic) bond motifs is 4. The van der Waals surface area contributed by atoms with E-state index in [2.05, 4.69) is 60.7 Å². The molecule has 0 heterocycles. The van der Waals surface area contributed by atoms with Crippen LogP contribution in [0.15, 0.2) is 66.7 Å². The summed E-state index contributed by atoms with van der Waals surface area (Å²) < 4.78 is 0. The lowest BCUT2D eigenvalue weighted by molar-refractivity contribution is 1.50. The molecule has 0 amide bonds. The first-order valence-electron chi connectivity index (χ1n) is 6.14. The molecule has 0 heteroatoms. The van der Waals surface area contributed by atoms with Gasteiger partial charge < -0.3 is 0 Å². The van der Waals surface area contributed by atoms with E-state index in [0.717, 1.165) is 0 Å². The van der Waals surface area contributed by atoms with Gasteiger partial charge in [0, 0.05) is 0 Å². The van der Waals surface area contributed by atoms with Gasteiger partial charge in [-0.2, -0.15) is 0 Å². The van der Waals surface area contributed by atoms with Crippen LogP contribution in [0.4, 0.5) is 0 Å². The van der Waals surface area contributed by atoms with Gasteiger partial charge in [-0.25, -0.2) is 0 Å². The molecule has 1 aliphatic rings. The van der Waals surface area contributed by atoms with Gasteiger partial charge in [-0.15, -0.1) is 0 Å². The van der Waals surface area contributed by atoms with Crippen molar-refractivity contribution >= 4 is 0 Å². The molecule has 0 aliphatic heterocycles. The Balaban J connectivity index is 1.98. The summed E-state index contributed by atoms with van der Waals surface area (Å²) in [6.07, 6.45) is 0. The van der Waals surface area contributed by atoms with E-state index in [1.807, 2.05) is 12.1 Å². The number of hydrogen-bond donors (Lipinski definition) is 0. The zero-order chi connectivity index (χ0) is 11.9. The molecule has 3 aromatic rings. The predicted molar refractivity (Wildman–Crippen MR) is 75.1 cm³/mol. The Hall–Kier alpha value is -2.34. The average Bonchev–Trinajstić information content (AvgIpc) is 2.45. The fraction of sp³-hybridized carbons (Fsp3) is 0. The highest BCUT2D eigenvalue weighted by atomic mass is 14.3. The molecule has 0 N–H and O–H groups in total. The minimum atomic E-state index is 1.24. The summed E-state index contributed by atoms with van der Waals surface area (Å²) in [6.45, 7) is 0. The summed E-state index contributed by atoms with van der Waals surface area (Å²) in [7, 11) is 0. The second-order valence-electron chi connectivity index (χ2n) is 4.57. The van der Waals surface area contributed by atoms with Gasteiger partial charge in [0.15, 0.2) is 0 Å². The first kappa shape index (κ1) is 9.67. The lowest BCUT2D eigenvalue weighted by atomic mass is 9.77. The van der Waals surface area contributed by atoms with Crippen molar-refractivity contribution in [2.75, 3.05) is 0 Å². The molecule has 0 unspecified atom stereocenters. The van der Waals surface area contributed by atoms with Gasteiger partial charge in [-0.1, -0.05) is 60.7 Å². The third-order valence-corrected chi connectivity index (χ3v) is 3.57. The van der Waals surface area contributed by atoms with Gasteiger partial charge in [0.1, 0.15) is 0 Å². The highest BCUT2D eigenvalue weighted by Crippen LogP contribution is 2.51. The molecule has 0 saturated carbocycles. The van der Waals surface area contributed by atoms with Crippen molar-refractivity contribution in [3.8, 4) is 33.4 Å². The molecule has 0 bridgehead atoms. The lowest BCUT2D eigenvalue weighted by Gasteiger charge is -2.26. The van der Waals surface area contributed by atoms with Crippen LogP contribution in [0.1, 0.15) is 0 Å². The first-order chi connectivity index (χ1) is 8.95. The number of hydrogen-bond acceptors (Lipinski definition) is 0. The SMILES string of the molecule is [c]1cccc(-c2cccc3c2-c2ccccc2-3)c1.